The molecule has 0 saturated heterocycles. The Morgan fingerprint density at radius 1 is 0.667 bits per heavy atom. The molecule has 2 aromatic rings. The molecule has 0 bridgehead atoms. The molecular weight excluding hydrogens is 412 g/mol. The van der Waals surface area contributed by atoms with Gasteiger partial charge in [0.2, 0.25) is 0 Å². The molecule has 2 aliphatic carbocycles. The van der Waals surface area contributed by atoms with Gasteiger partial charge in [-0.05, 0) is 83.0 Å². The fourth-order valence-electron chi connectivity index (χ4n) is 6.22. The van der Waals surface area contributed by atoms with E-state index in [1.165, 1.54) is 22.3 Å². The summed E-state index contributed by atoms with van der Waals surface area (Å²) in [6.07, 6.45) is 5.90. The van der Waals surface area contributed by atoms with Gasteiger partial charge in [0.15, 0.2) is 23.0 Å². The highest BCUT2D eigenvalue weighted by molar-refractivity contribution is 5.65. The highest BCUT2D eigenvalue weighted by Gasteiger charge is 2.57. The number of hydrogen-bond acceptors (Lipinski definition) is 4. The Hall–Kier alpha value is -2.36. The first-order chi connectivity index (χ1) is 15.6. The second-order valence-corrected chi connectivity index (χ2v) is 11.3. The fourth-order valence-corrected chi connectivity index (χ4v) is 6.22. The van der Waals surface area contributed by atoms with Gasteiger partial charge in [-0.2, -0.15) is 0 Å². The summed E-state index contributed by atoms with van der Waals surface area (Å²) in [7, 11) is 0. The number of phenolic OH excluding ortho intramolecular Hbond substituents is 2. The zero-order valence-corrected chi connectivity index (χ0v) is 21.2. The summed E-state index contributed by atoms with van der Waals surface area (Å²) in [5, 5.41) is 21.8. The largest absolute Gasteiger partial charge is 0.504 e. The topological polar surface area (TPSA) is 58.9 Å². The first-order valence-electron chi connectivity index (χ1n) is 12.6. The Labute approximate surface area is 198 Å². The van der Waals surface area contributed by atoms with Crippen LogP contribution in [-0.2, 0) is 16.2 Å². The van der Waals surface area contributed by atoms with Gasteiger partial charge in [0.25, 0.3) is 0 Å². The van der Waals surface area contributed by atoms with Crippen LogP contribution >= 0.6 is 0 Å². The lowest BCUT2D eigenvalue weighted by Crippen LogP contribution is -2.26. The van der Waals surface area contributed by atoms with E-state index in [1.807, 2.05) is 12.1 Å². The molecule has 4 nitrogen and oxygen atoms in total. The summed E-state index contributed by atoms with van der Waals surface area (Å²) in [6, 6.07) is 7.98. The second-order valence-electron chi connectivity index (χ2n) is 11.3. The van der Waals surface area contributed by atoms with Crippen LogP contribution in [0.4, 0.5) is 0 Å². The molecule has 33 heavy (non-hydrogen) atoms. The number of phenols is 2. The monoisotopic (exact) mass is 452 g/mol. The van der Waals surface area contributed by atoms with Crippen LogP contribution in [0.15, 0.2) is 24.3 Å². The van der Waals surface area contributed by atoms with Crippen molar-refractivity contribution >= 4 is 0 Å². The first-order valence-corrected chi connectivity index (χ1v) is 12.6. The zero-order chi connectivity index (χ0) is 24.0. The molecule has 0 saturated carbocycles. The SMILES string of the molecule is CCCCOc1cc2c(cc1O)C1(CC2(C)C)CC(C)(C)c2cc(OCCCC)c(O)cc21. The van der Waals surface area contributed by atoms with Crippen molar-refractivity contribution in [3.8, 4) is 23.0 Å². The van der Waals surface area contributed by atoms with Gasteiger partial charge in [0, 0.05) is 5.41 Å². The van der Waals surface area contributed by atoms with E-state index < -0.39 is 0 Å². The summed E-state index contributed by atoms with van der Waals surface area (Å²) >= 11 is 0. The van der Waals surface area contributed by atoms with Crippen molar-refractivity contribution in [2.75, 3.05) is 13.2 Å². The summed E-state index contributed by atoms with van der Waals surface area (Å²) in [5.74, 6) is 1.56. The average molecular weight is 453 g/mol. The average Bonchev–Trinajstić information content (AvgIpc) is 3.08. The standard InChI is InChI=1S/C29H40O4/c1-7-9-11-32-25-15-19-21(13-23(25)30)29(17-27(19,3)4)18-28(5,6)20-16-26(33-12-10-8-2)24(31)14-22(20)29/h13-16,30-31H,7-12,17-18H2,1-6H3. The molecule has 0 aromatic heterocycles. The molecule has 4 rings (SSSR count). The molecular formula is C29H40O4. The van der Waals surface area contributed by atoms with E-state index in [2.05, 4.69) is 53.7 Å². The summed E-state index contributed by atoms with van der Waals surface area (Å²) in [5.41, 5.74) is 4.40. The second kappa shape index (κ2) is 8.45. The van der Waals surface area contributed by atoms with Gasteiger partial charge in [-0.25, -0.2) is 0 Å². The lowest BCUT2D eigenvalue weighted by atomic mass is 9.72. The van der Waals surface area contributed by atoms with E-state index in [-0.39, 0.29) is 27.7 Å². The van der Waals surface area contributed by atoms with E-state index in [0.717, 1.165) is 38.5 Å². The minimum Gasteiger partial charge on any atom is -0.504 e. The number of hydrogen-bond donors (Lipinski definition) is 2. The molecule has 0 atom stereocenters. The van der Waals surface area contributed by atoms with Crippen molar-refractivity contribution in [3.63, 3.8) is 0 Å². The van der Waals surface area contributed by atoms with E-state index in [1.54, 1.807) is 0 Å². The molecule has 180 valence electrons. The Balaban J connectivity index is 1.82. The highest BCUT2D eigenvalue weighted by atomic mass is 16.5. The third-order valence-electron chi connectivity index (χ3n) is 7.69. The Morgan fingerprint density at radius 3 is 1.42 bits per heavy atom. The summed E-state index contributed by atoms with van der Waals surface area (Å²) in [6.45, 7) is 14.6. The van der Waals surface area contributed by atoms with Crippen molar-refractivity contribution in [1.82, 2.24) is 0 Å². The van der Waals surface area contributed by atoms with Crippen molar-refractivity contribution < 1.29 is 19.7 Å². The molecule has 0 unspecified atom stereocenters. The smallest absolute Gasteiger partial charge is 0.161 e. The number of fused-ring (bicyclic) bond motifs is 4. The minimum atomic E-state index is -0.253. The van der Waals surface area contributed by atoms with Gasteiger partial charge in [-0.3, -0.25) is 0 Å². The molecule has 0 radical (unpaired) electrons. The third kappa shape index (κ3) is 3.96. The number of unbranched alkanes of at least 4 members (excludes halogenated alkanes) is 2. The van der Waals surface area contributed by atoms with Gasteiger partial charge < -0.3 is 19.7 Å². The normalized spacial score (nSPS) is 18.8. The molecule has 2 aliphatic rings. The molecule has 1 spiro atoms. The first kappa shape index (κ1) is 23.8. The predicted octanol–water partition coefficient (Wildman–Crippen LogP) is 7.10. The lowest BCUT2D eigenvalue weighted by Gasteiger charge is -2.30. The Morgan fingerprint density at radius 2 is 1.06 bits per heavy atom. The zero-order valence-electron chi connectivity index (χ0n) is 21.2. The Bertz CT molecular complexity index is 951. The van der Waals surface area contributed by atoms with Crippen LogP contribution < -0.4 is 9.47 Å². The summed E-state index contributed by atoms with van der Waals surface area (Å²) < 4.78 is 11.9. The van der Waals surface area contributed by atoms with Gasteiger partial charge in [-0.1, -0.05) is 54.4 Å². The quantitative estimate of drug-likeness (QED) is 0.419. The van der Waals surface area contributed by atoms with Crippen LogP contribution in [0, 0.1) is 0 Å². The predicted molar refractivity (Wildman–Crippen MR) is 133 cm³/mol. The van der Waals surface area contributed by atoms with Crippen molar-refractivity contribution in [1.29, 1.82) is 0 Å². The van der Waals surface area contributed by atoms with Crippen LogP contribution in [0.3, 0.4) is 0 Å². The lowest BCUT2D eigenvalue weighted by molar-refractivity contribution is 0.292. The number of ether oxygens (including phenoxy) is 2. The van der Waals surface area contributed by atoms with Crippen molar-refractivity contribution in [2.45, 2.75) is 96.3 Å². The molecule has 2 aromatic carbocycles. The van der Waals surface area contributed by atoms with Gasteiger partial charge in [-0.15, -0.1) is 0 Å². The van der Waals surface area contributed by atoms with E-state index >= 15 is 0 Å². The maximum Gasteiger partial charge on any atom is 0.161 e. The molecule has 0 fully saturated rings. The van der Waals surface area contributed by atoms with Gasteiger partial charge in [0.1, 0.15) is 0 Å². The van der Waals surface area contributed by atoms with Crippen molar-refractivity contribution in [2.24, 2.45) is 0 Å². The molecule has 0 amide bonds. The van der Waals surface area contributed by atoms with Crippen LogP contribution in [0.2, 0.25) is 0 Å². The molecule has 0 aliphatic heterocycles. The maximum atomic E-state index is 10.9. The number of benzene rings is 2. The molecule has 4 heteroatoms. The van der Waals surface area contributed by atoms with Crippen LogP contribution in [-0.4, -0.2) is 23.4 Å². The van der Waals surface area contributed by atoms with Crippen LogP contribution in [0.5, 0.6) is 23.0 Å². The number of rotatable bonds is 8. The highest BCUT2D eigenvalue weighted by Crippen LogP contribution is 2.64. The van der Waals surface area contributed by atoms with Gasteiger partial charge in [0.05, 0.1) is 13.2 Å². The summed E-state index contributed by atoms with van der Waals surface area (Å²) in [4.78, 5) is 0. The molecule has 0 heterocycles. The minimum absolute atomic E-state index is 0.0739. The van der Waals surface area contributed by atoms with Gasteiger partial charge >= 0.3 is 0 Å². The third-order valence-corrected chi connectivity index (χ3v) is 7.69. The van der Waals surface area contributed by atoms with Crippen LogP contribution in [0.25, 0.3) is 0 Å². The van der Waals surface area contributed by atoms with Crippen LogP contribution in [0.1, 0.15) is 102 Å². The van der Waals surface area contributed by atoms with E-state index in [4.69, 9.17) is 9.47 Å². The fraction of sp³-hybridized carbons (Fsp3) is 0.586. The number of aromatic hydroxyl groups is 2. The van der Waals surface area contributed by atoms with E-state index in [0.29, 0.717) is 24.7 Å². The maximum absolute atomic E-state index is 10.9. The molecule has 2 N–H and O–H groups in total. The Kier molecular flexibility index (Phi) is 6.09. The van der Waals surface area contributed by atoms with E-state index in [9.17, 15) is 10.2 Å². The van der Waals surface area contributed by atoms with Crippen molar-refractivity contribution in [3.05, 3.63) is 46.5 Å².